The van der Waals surface area contributed by atoms with Gasteiger partial charge < -0.3 is 10.2 Å². The molecule has 0 aromatic heterocycles. The van der Waals surface area contributed by atoms with Gasteiger partial charge in [0.1, 0.15) is 0 Å². The van der Waals surface area contributed by atoms with Crippen LogP contribution in [0.3, 0.4) is 0 Å². The van der Waals surface area contributed by atoms with Gasteiger partial charge in [-0.2, -0.15) is 0 Å². The van der Waals surface area contributed by atoms with E-state index in [2.05, 4.69) is 36.4 Å². The van der Waals surface area contributed by atoms with Gasteiger partial charge in [0.15, 0.2) is 0 Å². The average Bonchev–Trinajstić information content (AvgIpc) is 2.27. The van der Waals surface area contributed by atoms with Crippen LogP contribution in [0.5, 0.6) is 0 Å². The minimum Gasteiger partial charge on any atom is -0.390 e. The fourth-order valence-corrected chi connectivity index (χ4v) is 4.52. The predicted molar refractivity (Wildman–Crippen MR) is 77.8 cm³/mol. The van der Waals surface area contributed by atoms with Crippen LogP contribution in [0.15, 0.2) is 12.2 Å². The zero-order valence-corrected chi connectivity index (χ0v) is 13.3. The van der Waals surface area contributed by atoms with Crippen molar-refractivity contribution in [1.82, 2.24) is 0 Å². The maximum Gasteiger partial charge on any atom is 0.0878 e. The maximum absolute atomic E-state index is 10.3. The van der Waals surface area contributed by atoms with Gasteiger partial charge in [0.05, 0.1) is 11.7 Å². The molecule has 0 radical (unpaired) electrons. The second-order valence-electron chi connectivity index (χ2n) is 6.99. The van der Waals surface area contributed by atoms with Crippen LogP contribution in [-0.4, -0.2) is 26.7 Å². The summed E-state index contributed by atoms with van der Waals surface area (Å²) < 4.78 is 0. The zero-order chi connectivity index (χ0) is 13.8. The van der Waals surface area contributed by atoms with Crippen LogP contribution in [0.25, 0.3) is 0 Å². The highest BCUT2D eigenvalue weighted by molar-refractivity contribution is 9.09. The van der Waals surface area contributed by atoms with E-state index in [1.807, 2.05) is 0 Å². The number of halogens is 1. The molecule has 0 bridgehead atoms. The number of hydrogen-bond donors (Lipinski definition) is 2. The smallest absolute Gasteiger partial charge is 0.0878 e. The molecule has 0 aromatic carbocycles. The molecule has 3 heteroatoms. The maximum atomic E-state index is 10.3. The Bertz CT molecular complexity index is 362. The lowest BCUT2D eigenvalue weighted by Gasteiger charge is -2.59. The monoisotopic (exact) mass is 316 g/mol. The van der Waals surface area contributed by atoms with Crippen LogP contribution in [0, 0.1) is 10.8 Å². The summed E-state index contributed by atoms with van der Waals surface area (Å²) in [6, 6.07) is 0. The molecule has 2 rings (SSSR count). The van der Waals surface area contributed by atoms with Gasteiger partial charge >= 0.3 is 0 Å². The van der Waals surface area contributed by atoms with Gasteiger partial charge in [-0.3, -0.25) is 0 Å². The summed E-state index contributed by atoms with van der Waals surface area (Å²) in [5, 5.41) is 20.5. The molecule has 0 unspecified atom stereocenters. The fraction of sp³-hybridized carbons (Fsp3) is 0.867. The normalized spacial score (nSPS) is 48.4. The molecule has 2 saturated carbocycles. The van der Waals surface area contributed by atoms with E-state index in [0.717, 1.165) is 19.3 Å². The van der Waals surface area contributed by atoms with Crippen LogP contribution < -0.4 is 0 Å². The third kappa shape index (κ3) is 1.90. The lowest BCUT2D eigenvalue weighted by molar-refractivity contribution is -0.138. The van der Waals surface area contributed by atoms with Crippen molar-refractivity contribution >= 4 is 15.9 Å². The lowest BCUT2D eigenvalue weighted by Crippen LogP contribution is -2.57. The predicted octanol–water partition coefficient (Wildman–Crippen LogP) is 3.41. The van der Waals surface area contributed by atoms with Crippen molar-refractivity contribution in [2.45, 2.75) is 69.4 Å². The number of aliphatic hydroxyl groups is 2. The Morgan fingerprint density at radius 1 is 1.28 bits per heavy atom. The quantitative estimate of drug-likeness (QED) is 0.531. The first-order valence-electron chi connectivity index (χ1n) is 6.86. The number of aliphatic hydroxyl groups excluding tert-OH is 1. The van der Waals surface area contributed by atoms with Crippen molar-refractivity contribution in [3.8, 4) is 0 Å². The van der Waals surface area contributed by atoms with Crippen LogP contribution in [-0.2, 0) is 0 Å². The average molecular weight is 317 g/mol. The number of alkyl halides is 1. The number of rotatable bonds is 0. The number of hydrogen-bond acceptors (Lipinski definition) is 2. The Kier molecular flexibility index (Phi) is 3.49. The minimum absolute atomic E-state index is 0.0406. The van der Waals surface area contributed by atoms with E-state index in [4.69, 9.17) is 0 Å². The van der Waals surface area contributed by atoms with E-state index in [1.54, 1.807) is 6.92 Å². The molecule has 2 aliphatic rings. The largest absolute Gasteiger partial charge is 0.390 e. The minimum atomic E-state index is -0.944. The third-order valence-corrected chi connectivity index (χ3v) is 7.31. The molecule has 2 aliphatic carbocycles. The third-order valence-electron chi connectivity index (χ3n) is 5.71. The Labute approximate surface area is 119 Å². The Morgan fingerprint density at radius 3 is 2.44 bits per heavy atom. The summed E-state index contributed by atoms with van der Waals surface area (Å²) in [6.45, 7) is 10.6. The Morgan fingerprint density at radius 2 is 1.89 bits per heavy atom. The molecule has 0 amide bonds. The molecule has 4 atom stereocenters. The van der Waals surface area contributed by atoms with Crippen LogP contribution in [0.4, 0.5) is 0 Å². The summed E-state index contributed by atoms with van der Waals surface area (Å²) >= 11 is 3.81. The standard InChI is InChI=1S/C15H25BrO2/c1-10-5-6-11(16)13(2,3)15(10)8-7-14(4,18)12(17)9-15/h11-12,17-18H,1,5-9H2,2-4H3/t11-,12+,14-,15+/m0/s1. The molecule has 18 heavy (non-hydrogen) atoms. The second-order valence-corrected chi connectivity index (χ2v) is 8.10. The van der Waals surface area contributed by atoms with Crippen molar-refractivity contribution in [3.63, 3.8) is 0 Å². The Hall–Kier alpha value is 0.140. The van der Waals surface area contributed by atoms with Gasteiger partial charge in [-0.25, -0.2) is 0 Å². The molecule has 0 aromatic rings. The summed E-state index contributed by atoms with van der Waals surface area (Å²) in [5.74, 6) is 0. The molecule has 0 saturated heterocycles. The van der Waals surface area contributed by atoms with E-state index in [0.29, 0.717) is 17.7 Å². The van der Waals surface area contributed by atoms with Crippen molar-refractivity contribution in [2.24, 2.45) is 10.8 Å². The van der Waals surface area contributed by atoms with Gasteiger partial charge in [-0.05, 0) is 49.9 Å². The van der Waals surface area contributed by atoms with E-state index in [9.17, 15) is 10.2 Å². The molecule has 104 valence electrons. The first kappa shape index (κ1) is 14.5. The SMILES string of the molecule is C=C1CC[C@H](Br)C(C)(C)[C@@]12CC[C@](C)(O)[C@H](O)C2. The van der Waals surface area contributed by atoms with Crippen LogP contribution in [0.2, 0.25) is 0 Å². The highest BCUT2D eigenvalue weighted by Gasteiger charge is 2.57. The van der Waals surface area contributed by atoms with E-state index < -0.39 is 11.7 Å². The van der Waals surface area contributed by atoms with Gasteiger partial charge in [0.25, 0.3) is 0 Å². The molecule has 0 heterocycles. The molecule has 2 fully saturated rings. The zero-order valence-electron chi connectivity index (χ0n) is 11.7. The first-order chi connectivity index (χ1) is 8.13. The van der Waals surface area contributed by atoms with Crippen molar-refractivity contribution < 1.29 is 10.2 Å². The topological polar surface area (TPSA) is 40.5 Å². The van der Waals surface area contributed by atoms with Crippen LogP contribution in [0.1, 0.15) is 52.9 Å². The van der Waals surface area contributed by atoms with Crippen LogP contribution >= 0.6 is 15.9 Å². The summed E-state index contributed by atoms with van der Waals surface area (Å²) in [7, 11) is 0. The number of allylic oxidation sites excluding steroid dienone is 1. The van der Waals surface area contributed by atoms with Gasteiger partial charge in [-0.1, -0.05) is 41.9 Å². The molecule has 2 nitrogen and oxygen atoms in total. The van der Waals surface area contributed by atoms with Crippen molar-refractivity contribution in [1.29, 1.82) is 0 Å². The van der Waals surface area contributed by atoms with Crippen molar-refractivity contribution in [3.05, 3.63) is 12.2 Å². The van der Waals surface area contributed by atoms with Gasteiger partial charge in [0.2, 0.25) is 0 Å². The lowest BCUT2D eigenvalue weighted by atomic mass is 9.49. The summed E-state index contributed by atoms with van der Waals surface area (Å²) in [5.41, 5.74) is 0.347. The van der Waals surface area contributed by atoms with E-state index >= 15 is 0 Å². The molecule has 1 spiro atoms. The molecular formula is C15H25BrO2. The molecule has 0 aliphatic heterocycles. The fourth-order valence-electron chi connectivity index (χ4n) is 3.85. The molecular weight excluding hydrogens is 292 g/mol. The van der Waals surface area contributed by atoms with E-state index in [-0.39, 0.29) is 10.8 Å². The Balaban J connectivity index is 2.37. The highest BCUT2D eigenvalue weighted by atomic mass is 79.9. The second kappa shape index (κ2) is 4.32. The summed E-state index contributed by atoms with van der Waals surface area (Å²) in [6.07, 6.45) is 3.68. The van der Waals surface area contributed by atoms with E-state index in [1.165, 1.54) is 5.57 Å². The summed E-state index contributed by atoms with van der Waals surface area (Å²) in [4.78, 5) is 0.450. The first-order valence-corrected chi connectivity index (χ1v) is 7.78. The highest BCUT2D eigenvalue weighted by Crippen LogP contribution is 2.62. The van der Waals surface area contributed by atoms with Gasteiger partial charge in [-0.15, -0.1) is 0 Å². The molecule has 2 N–H and O–H groups in total. The van der Waals surface area contributed by atoms with Crippen molar-refractivity contribution in [2.75, 3.05) is 0 Å². The van der Waals surface area contributed by atoms with Gasteiger partial charge in [0, 0.05) is 4.83 Å².